The van der Waals surface area contributed by atoms with Crippen molar-refractivity contribution in [1.29, 1.82) is 5.26 Å². The van der Waals surface area contributed by atoms with Gasteiger partial charge in [0.2, 0.25) is 0 Å². The Hall–Kier alpha value is -3.12. The largest absolute Gasteiger partial charge is 0.342 e. The molecule has 3 heteroatoms. The number of benzene rings is 2. The lowest BCUT2D eigenvalue weighted by molar-refractivity contribution is 0.864. The number of hydrogen-bond acceptors (Lipinski definition) is 2. The van der Waals surface area contributed by atoms with Gasteiger partial charge >= 0.3 is 0 Å². The van der Waals surface area contributed by atoms with Crippen LogP contribution in [0.25, 0.3) is 32.7 Å². The molecule has 0 N–H and O–H groups in total. The van der Waals surface area contributed by atoms with E-state index in [9.17, 15) is 5.26 Å². The summed E-state index contributed by atoms with van der Waals surface area (Å²) >= 11 is 0. The normalized spacial score (nSPS) is 11.0. The van der Waals surface area contributed by atoms with Gasteiger partial charge in [-0.3, -0.25) is 0 Å². The minimum Gasteiger partial charge on any atom is -0.342 e. The third-order valence-electron chi connectivity index (χ3n) is 3.98. The lowest BCUT2D eigenvalue weighted by Crippen LogP contribution is -1.92. The van der Waals surface area contributed by atoms with Crippen molar-refractivity contribution in [3.63, 3.8) is 0 Å². The van der Waals surface area contributed by atoms with Crippen LogP contribution >= 0.6 is 0 Å². The zero-order chi connectivity index (χ0) is 15.1. The Kier molecular flexibility index (Phi) is 2.70. The molecule has 0 aliphatic rings. The second-order valence-corrected chi connectivity index (χ2v) is 5.31. The first kappa shape index (κ1) is 12.6. The first-order valence-corrected chi connectivity index (χ1v) is 7.14. The Morgan fingerprint density at radius 3 is 2.86 bits per heavy atom. The Morgan fingerprint density at radius 2 is 2.05 bits per heavy atom. The maximum Gasteiger partial charge on any atom is 0.101 e. The molecule has 2 aromatic carbocycles. The van der Waals surface area contributed by atoms with E-state index < -0.39 is 0 Å². The molecule has 0 bridgehead atoms. The fourth-order valence-corrected chi connectivity index (χ4v) is 3.00. The van der Waals surface area contributed by atoms with Crippen LogP contribution in [-0.4, -0.2) is 9.55 Å². The van der Waals surface area contributed by atoms with Gasteiger partial charge in [-0.05, 0) is 18.2 Å². The van der Waals surface area contributed by atoms with E-state index >= 15 is 0 Å². The molecule has 0 amide bonds. The molecule has 0 unspecified atom stereocenters. The van der Waals surface area contributed by atoms with Crippen molar-refractivity contribution in [3.8, 4) is 6.07 Å². The van der Waals surface area contributed by atoms with Gasteiger partial charge in [-0.25, -0.2) is 4.98 Å². The van der Waals surface area contributed by atoms with E-state index in [0.717, 1.165) is 32.7 Å². The van der Waals surface area contributed by atoms with E-state index in [0.29, 0.717) is 12.1 Å². The SMILES string of the molecule is C=CCn1cc(C#N)c2c3nc4ccccc4cc3ccc21. The minimum atomic E-state index is 0.658. The number of para-hydroxylation sites is 1. The van der Waals surface area contributed by atoms with E-state index in [2.05, 4.69) is 36.9 Å². The average Bonchev–Trinajstić information content (AvgIpc) is 2.91. The molecular formula is C19H13N3. The number of hydrogen-bond donors (Lipinski definition) is 0. The van der Waals surface area contributed by atoms with Gasteiger partial charge in [0.15, 0.2) is 0 Å². The van der Waals surface area contributed by atoms with Crippen molar-refractivity contribution < 1.29 is 0 Å². The molecule has 0 radical (unpaired) electrons. The fourth-order valence-electron chi connectivity index (χ4n) is 3.00. The molecule has 0 fully saturated rings. The van der Waals surface area contributed by atoms with Gasteiger partial charge in [0, 0.05) is 28.9 Å². The first-order valence-electron chi connectivity index (χ1n) is 7.14. The maximum absolute atomic E-state index is 9.47. The van der Waals surface area contributed by atoms with E-state index in [-0.39, 0.29) is 0 Å². The topological polar surface area (TPSA) is 41.6 Å². The van der Waals surface area contributed by atoms with Crippen LogP contribution in [0.4, 0.5) is 0 Å². The third-order valence-corrected chi connectivity index (χ3v) is 3.98. The van der Waals surface area contributed by atoms with Crippen LogP contribution in [0.3, 0.4) is 0 Å². The van der Waals surface area contributed by atoms with Gasteiger partial charge in [-0.1, -0.05) is 30.3 Å². The fraction of sp³-hybridized carbons (Fsp3) is 0.0526. The quantitative estimate of drug-likeness (QED) is 0.404. The van der Waals surface area contributed by atoms with Gasteiger partial charge in [-0.2, -0.15) is 5.26 Å². The van der Waals surface area contributed by atoms with Crippen LogP contribution in [0.2, 0.25) is 0 Å². The molecular weight excluding hydrogens is 270 g/mol. The van der Waals surface area contributed by atoms with Crippen LogP contribution in [0.5, 0.6) is 0 Å². The number of allylic oxidation sites excluding steroid dienone is 1. The summed E-state index contributed by atoms with van der Waals surface area (Å²) in [5.41, 5.74) is 3.51. The van der Waals surface area contributed by atoms with Crippen molar-refractivity contribution in [2.45, 2.75) is 6.54 Å². The van der Waals surface area contributed by atoms with Gasteiger partial charge < -0.3 is 4.57 Å². The summed E-state index contributed by atoms with van der Waals surface area (Å²) in [6.45, 7) is 4.46. The van der Waals surface area contributed by atoms with E-state index in [1.54, 1.807) is 0 Å². The average molecular weight is 283 g/mol. The van der Waals surface area contributed by atoms with E-state index in [1.165, 1.54) is 0 Å². The van der Waals surface area contributed by atoms with Gasteiger partial charge in [0.05, 0.1) is 22.1 Å². The molecule has 0 atom stereocenters. The molecule has 2 aromatic heterocycles. The number of nitriles is 1. The summed E-state index contributed by atoms with van der Waals surface area (Å²) in [6.07, 6.45) is 3.71. The molecule has 0 saturated carbocycles. The van der Waals surface area contributed by atoms with Gasteiger partial charge in [-0.15, -0.1) is 6.58 Å². The van der Waals surface area contributed by atoms with Crippen molar-refractivity contribution in [3.05, 3.63) is 66.9 Å². The maximum atomic E-state index is 9.47. The molecule has 0 aliphatic heterocycles. The number of fused-ring (bicyclic) bond motifs is 4. The summed E-state index contributed by atoms with van der Waals surface area (Å²) in [5, 5.41) is 12.6. The van der Waals surface area contributed by atoms with Crippen LogP contribution in [-0.2, 0) is 6.54 Å². The van der Waals surface area contributed by atoms with Crippen molar-refractivity contribution >= 4 is 32.7 Å². The van der Waals surface area contributed by atoms with Crippen LogP contribution in [0.15, 0.2) is 61.3 Å². The van der Waals surface area contributed by atoms with Crippen LogP contribution < -0.4 is 0 Å². The van der Waals surface area contributed by atoms with E-state index in [4.69, 9.17) is 4.98 Å². The highest BCUT2D eigenvalue weighted by Gasteiger charge is 2.12. The highest BCUT2D eigenvalue weighted by molar-refractivity contribution is 6.10. The molecule has 4 aromatic rings. The smallest absolute Gasteiger partial charge is 0.101 e. The summed E-state index contributed by atoms with van der Waals surface area (Å²) in [6, 6.07) is 16.6. The van der Waals surface area contributed by atoms with Crippen molar-refractivity contribution in [1.82, 2.24) is 9.55 Å². The molecule has 22 heavy (non-hydrogen) atoms. The van der Waals surface area contributed by atoms with Gasteiger partial charge in [0.25, 0.3) is 0 Å². The summed E-state index contributed by atoms with van der Waals surface area (Å²) in [7, 11) is 0. The predicted octanol–water partition coefficient (Wildman–Crippen LogP) is 4.40. The van der Waals surface area contributed by atoms with Gasteiger partial charge in [0.1, 0.15) is 6.07 Å². The van der Waals surface area contributed by atoms with Crippen molar-refractivity contribution in [2.75, 3.05) is 0 Å². The highest BCUT2D eigenvalue weighted by atomic mass is 15.0. The first-order chi connectivity index (χ1) is 10.8. The van der Waals surface area contributed by atoms with Crippen molar-refractivity contribution in [2.24, 2.45) is 0 Å². The number of nitrogens with zero attached hydrogens (tertiary/aromatic N) is 3. The monoisotopic (exact) mass is 283 g/mol. The van der Waals surface area contributed by atoms with E-state index in [1.807, 2.05) is 35.0 Å². The molecule has 0 spiro atoms. The zero-order valence-electron chi connectivity index (χ0n) is 12.0. The molecule has 2 heterocycles. The predicted molar refractivity (Wildman–Crippen MR) is 89.7 cm³/mol. The summed E-state index contributed by atoms with van der Waals surface area (Å²) < 4.78 is 2.04. The molecule has 104 valence electrons. The molecule has 0 saturated heterocycles. The highest BCUT2D eigenvalue weighted by Crippen LogP contribution is 2.30. The lowest BCUT2D eigenvalue weighted by Gasteiger charge is -2.05. The standard InChI is InChI=1S/C19H13N3/c1-2-9-22-12-15(11-20)18-17(22)8-7-14-10-13-5-3-4-6-16(13)21-19(14)18/h2-8,10,12H,1,9H2. The molecule has 4 rings (SSSR count). The zero-order valence-corrected chi connectivity index (χ0v) is 12.0. The summed E-state index contributed by atoms with van der Waals surface area (Å²) in [5.74, 6) is 0. The number of aromatic nitrogens is 2. The Morgan fingerprint density at radius 1 is 1.18 bits per heavy atom. The number of rotatable bonds is 2. The second-order valence-electron chi connectivity index (χ2n) is 5.31. The minimum absolute atomic E-state index is 0.658. The second kappa shape index (κ2) is 4.71. The Balaban J connectivity index is 2.20. The lowest BCUT2D eigenvalue weighted by atomic mass is 10.1. The number of pyridine rings is 1. The van der Waals surface area contributed by atoms with Crippen LogP contribution in [0, 0.1) is 11.3 Å². The third kappa shape index (κ3) is 1.71. The van der Waals surface area contributed by atoms with Crippen LogP contribution in [0.1, 0.15) is 5.56 Å². The molecule has 3 nitrogen and oxygen atoms in total. The Bertz CT molecular complexity index is 1080. The summed E-state index contributed by atoms with van der Waals surface area (Å²) in [4.78, 5) is 4.80. The molecule has 0 aliphatic carbocycles. The Labute approximate surface area is 127 Å².